The average molecular weight is 523 g/mol. The smallest absolute Gasteiger partial charge is 0.435 e. The summed E-state index contributed by atoms with van der Waals surface area (Å²) in [5.41, 5.74) is -0.841. The molecule has 4 rings (SSSR count). The Balaban J connectivity index is 1.64. The lowest BCUT2D eigenvalue weighted by molar-refractivity contribution is -0.108. The monoisotopic (exact) mass is 522 g/mol. The fraction of sp³-hybridized carbons (Fsp3) is 0.308. The van der Waals surface area contributed by atoms with Crippen molar-refractivity contribution in [3.8, 4) is 17.2 Å². The molecular formula is C26H26ClF3N2O4. The lowest BCUT2D eigenvalue weighted by Crippen LogP contribution is -2.38. The molecule has 2 heterocycles. The molecule has 0 aromatic heterocycles. The van der Waals surface area contributed by atoms with E-state index in [2.05, 4.69) is 4.90 Å². The fourth-order valence-electron chi connectivity index (χ4n) is 3.93. The van der Waals surface area contributed by atoms with Gasteiger partial charge in [0.15, 0.2) is 11.5 Å². The zero-order valence-corrected chi connectivity index (χ0v) is 20.4. The predicted octanol–water partition coefficient (Wildman–Crippen LogP) is 5.45. The van der Waals surface area contributed by atoms with Crippen LogP contribution in [0.4, 0.5) is 13.2 Å². The molecule has 0 saturated carbocycles. The van der Waals surface area contributed by atoms with E-state index in [0.29, 0.717) is 32.1 Å². The second kappa shape index (κ2) is 11.3. The molecule has 10 heteroatoms. The van der Waals surface area contributed by atoms with Gasteiger partial charge in [0.05, 0.1) is 18.2 Å². The number of phenols is 1. The van der Waals surface area contributed by atoms with Crippen LogP contribution < -0.4 is 9.47 Å². The topological polar surface area (TPSA) is 54.4 Å². The van der Waals surface area contributed by atoms with Gasteiger partial charge in [0.1, 0.15) is 23.9 Å². The van der Waals surface area contributed by atoms with Gasteiger partial charge in [-0.2, -0.15) is 13.2 Å². The zero-order chi connectivity index (χ0) is 25.7. The molecule has 2 aliphatic rings. The molecule has 1 N–H and O–H groups in total. The highest BCUT2D eigenvalue weighted by Gasteiger charge is 2.42. The Bertz CT molecular complexity index is 1170. The molecule has 2 aromatic carbocycles. The van der Waals surface area contributed by atoms with Crippen LogP contribution in [0.15, 0.2) is 72.3 Å². The third-order valence-corrected chi connectivity index (χ3v) is 6.05. The van der Waals surface area contributed by atoms with Gasteiger partial charge in [-0.25, -0.2) is 0 Å². The number of hydrogen-bond acceptors (Lipinski definition) is 6. The average Bonchev–Trinajstić information content (AvgIpc) is 2.99. The van der Waals surface area contributed by atoms with Gasteiger partial charge < -0.3 is 24.2 Å². The van der Waals surface area contributed by atoms with Gasteiger partial charge in [-0.15, -0.1) is 0 Å². The molecule has 192 valence electrons. The van der Waals surface area contributed by atoms with E-state index in [-0.39, 0.29) is 27.7 Å². The van der Waals surface area contributed by atoms with Gasteiger partial charge in [-0.3, -0.25) is 4.90 Å². The number of para-hydroxylation sites is 1. The van der Waals surface area contributed by atoms with E-state index in [9.17, 15) is 18.3 Å². The molecule has 0 atom stereocenters. The normalized spacial score (nSPS) is 17.1. The van der Waals surface area contributed by atoms with Gasteiger partial charge in [0.25, 0.3) is 0 Å². The van der Waals surface area contributed by atoms with E-state index in [1.165, 1.54) is 49.7 Å². The van der Waals surface area contributed by atoms with Crippen molar-refractivity contribution in [2.24, 2.45) is 0 Å². The minimum absolute atomic E-state index is 0.0419. The first kappa shape index (κ1) is 25.9. The van der Waals surface area contributed by atoms with Gasteiger partial charge in [0.2, 0.25) is 0 Å². The number of phenolic OH excluding ortho intramolecular Hbond substituents is 1. The van der Waals surface area contributed by atoms with Crippen molar-refractivity contribution in [1.82, 2.24) is 9.80 Å². The number of nitrogens with zero attached hydrogens (tertiary/aromatic N) is 2. The fourth-order valence-corrected chi connectivity index (χ4v) is 4.11. The van der Waals surface area contributed by atoms with Crippen LogP contribution in [0.1, 0.15) is 5.56 Å². The molecular weight excluding hydrogens is 497 g/mol. The summed E-state index contributed by atoms with van der Waals surface area (Å²) in [4.78, 5) is 3.13. The maximum absolute atomic E-state index is 14.2. The predicted molar refractivity (Wildman–Crippen MR) is 131 cm³/mol. The van der Waals surface area contributed by atoms with Crippen LogP contribution in [0.25, 0.3) is 5.57 Å². The zero-order valence-electron chi connectivity index (χ0n) is 19.6. The lowest BCUT2D eigenvalue weighted by atomic mass is 10.0. The summed E-state index contributed by atoms with van der Waals surface area (Å²) in [6.45, 7) is 4.10. The van der Waals surface area contributed by atoms with Crippen LogP contribution in [0, 0.1) is 0 Å². The van der Waals surface area contributed by atoms with E-state index >= 15 is 0 Å². The third-order valence-electron chi connectivity index (χ3n) is 5.74. The van der Waals surface area contributed by atoms with Crippen molar-refractivity contribution in [1.29, 1.82) is 0 Å². The maximum Gasteiger partial charge on any atom is 0.435 e. The molecule has 0 bridgehead atoms. The highest BCUT2D eigenvalue weighted by molar-refractivity contribution is 6.32. The molecule has 0 amide bonds. The number of allylic oxidation sites excluding steroid dienone is 4. The van der Waals surface area contributed by atoms with Crippen LogP contribution in [-0.2, 0) is 4.74 Å². The van der Waals surface area contributed by atoms with E-state index < -0.39 is 17.6 Å². The van der Waals surface area contributed by atoms with Crippen LogP contribution in [0.3, 0.4) is 0 Å². The molecule has 0 aliphatic carbocycles. The molecule has 1 fully saturated rings. The Hall–Kier alpha value is -3.14. The molecule has 0 unspecified atom stereocenters. The molecule has 0 spiro atoms. The van der Waals surface area contributed by atoms with E-state index in [4.69, 9.17) is 25.8 Å². The minimum atomic E-state index is -4.75. The summed E-state index contributed by atoms with van der Waals surface area (Å²) < 4.78 is 59.5. The Morgan fingerprint density at radius 3 is 2.56 bits per heavy atom. The third kappa shape index (κ3) is 6.16. The van der Waals surface area contributed by atoms with Crippen molar-refractivity contribution in [3.63, 3.8) is 0 Å². The molecule has 6 nitrogen and oxygen atoms in total. The number of morpholine rings is 1. The van der Waals surface area contributed by atoms with E-state index in [1.807, 2.05) is 0 Å². The number of alkyl halides is 3. The molecule has 2 aromatic rings. The molecule has 36 heavy (non-hydrogen) atoms. The first-order valence-corrected chi connectivity index (χ1v) is 11.7. The standard InChI is InChI=1S/C26H26ClF3N2O4/c1-31-10-4-5-20(24(25(31)26(28,29)30)36-23-7-3-2-6-21(23)27)19-9-8-18(17-22(19)33)35-16-13-32-11-14-34-15-12-32/h2-10,17,33H,11-16H2,1H3. The molecule has 1 saturated heterocycles. The quantitative estimate of drug-likeness (QED) is 0.522. The summed E-state index contributed by atoms with van der Waals surface area (Å²) in [7, 11) is 1.28. The SMILES string of the molecule is CN1C=CC=C(c2ccc(OCCN3CCOCC3)cc2O)C(Oc2ccccc2Cl)=C1C(F)(F)F. The summed E-state index contributed by atoms with van der Waals surface area (Å²) in [5, 5.41) is 11.0. The Kier molecular flexibility index (Phi) is 8.13. The van der Waals surface area contributed by atoms with Crippen LogP contribution >= 0.6 is 11.6 Å². The van der Waals surface area contributed by atoms with Gasteiger partial charge in [-0.1, -0.05) is 23.7 Å². The number of halogens is 4. The van der Waals surface area contributed by atoms with Crippen molar-refractivity contribution in [3.05, 3.63) is 82.9 Å². The number of aromatic hydroxyl groups is 1. The van der Waals surface area contributed by atoms with Gasteiger partial charge >= 0.3 is 6.18 Å². The summed E-state index contributed by atoms with van der Waals surface area (Å²) in [6, 6.07) is 10.8. The largest absolute Gasteiger partial charge is 0.507 e. The summed E-state index contributed by atoms with van der Waals surface area (Å²) >= 11 is 6.18. The second-order valence-electron chi connectivity index (χ2n) is 8.22. The van der Waals surface area contributed by atoms with Crippen molar-refractivity contribution < 1.29 is 32.5 Å². The molecule has 2 aliphatic heterocycles. The number of ether oxygens (including phenoxy) is 3. The Morgan fingerprint density at radius 1 is 1.11 bits per heavy atom. The highest BCUT2D eigenvalue weighted by atomic mass is 35.5. The Labute approximate surface area is 212 Å². The second-order valence-corrected chi connectivity index (χ2v) is 8.63. The van der Waals surface area contributed by atoms with Crippen molar-refractivity contribution >= 4 is 17.2 Å². The van der Waals surface area contributed by atoms with E-state index in [1.54, 1.807) is 18.2 Å². The van der Waals surface area contributed by atoms with Crippen LogP contribution in [-0.4, -0.2) is 67.6 Å². The minimum Gasteiger partial charge on any atom is -0.507 e. The molecule has 0 radical (unpaired) electrons. The van der Waals surface area contributed by atoms with Crippen molar-refractivity contribution in [2.75, 3.05) is 46.5 Å². The maximum atomic E-state index is 14.2. The number of benzene rings is 2. The van der Waals surface area contributed by atoms with Crippen LogP contribution in [0.5, 0.6) is 17.2 Å². The first-order chi connectivity index (χ1) is 17.2. The van der Waals surface area contributed by atoms with Crippen LogP contribution in [0.2, 0.25) is 5.02 Å². The van der Waals surface area contributed by atoms with Crippen molar-refractivity contribution in [2.45, 2.75) is 6.18 Å². The summed E-state index contributed by atoms with van der Waals surface area (Å²) in [6.07, 6.45) is -0.575. The number of hydrogen-bond donors (Lipinski definition) is 1. The number of rotatable bonds is 7. The van der Waals surface area contributed by atoms with Gasteiger partial charge in [0, 0.05) is 50.1 Å². The lowest BCUT2D eigenvalue weighted by Gasteiger charge is -2.26. The first-order valence-electron chi connectivity index (χ1n) is 11.4. The Morgan fingerprint density at radius 2 is 1.86 bits per heavy atom. The summed E-state index contributed by atoms with van der Waals surface area (Å²) in [5.74, 6) is -0.274. The van der Waals surface area contributed by atoms with Gasteiger partial charge in [-0.05, 0) is 36.4 Å². The highest BCUT2D eigenvalue weighted by Crippen LogP contribution is 2.42. The van der Waals surface area contributed by atoms with E-state index in [0.717, 1.165) is 18.0 Å².